The van der Waals surface area contributed by atoms with Gasteiger partial charge >= 0.3 is 0 Å². The number of amides is 1. The van der Waals surface area contributed by atoms with E-state index in [4.69, 9.17) is 5.73 Å². The summed E-state index contributed by atoms with van der Waals surface area (Å²) in [5, 5.41) is 9.97. The molecule has 1 aromatic rings. The predicted molar refractivity (Wildman–Crippen MR) is 74.9 cm³/mol. The largest absolute Gasteiger partial charge is 0.503 e. The lowest BCUT2D eigenvalue weighted by atomic mass is 9.96. The number of nitrogens with two attached hydrogens (primary N) is 1. The van der Waals surface area contributed by atoms with Crippen molar-refractivity contribution in [2.45, 2.75) is 25.9 Å². The van der Waals surface area contributed by atoms with Crippen molar-refractivity contribution in [2.75, 3.05) is 6.54 Å². The lowest BCUT2D eigenvalue weighted by Gasteiger charge is -2.27. The van der Waals surface area contributed by atoms with E-state index in [1.807, 2.05) is 30.3 Å². The summed E-state index contributed by atoms with van der Waals surface area (Å²) < 4.78 is 0. The van der Waals surface area contributed by atoms with Gasteiger partial charge in [0, 0.05) is 12.6 Å². The molecule has 1 aliphatic rings. The normalized spacial score (nSPS) is 20.4. The third-order valence-corrected chi connectivity index (χ3v) is 3.28. The Kier molecular flexibility index (Phi) is 3.90. The maximum atomic E-state index is 12.1. The zero-order chi connectivity index (χ0) is 14.9. The van der Waals surface area contributed by atoms with Crippen molar-refractivity contribution in [1.82, 2.24) is 4.90 Å². The van der Waals surface area contributed by atoms with Gasteiger partial charge in [0.2, 0.25) is 0 Å². The molecule has 0 radical (unpaired) electrons. The number of hydrogen-bond donors (Lipinski definition) is 2. The monoisotopic (exact) mass is 274 g/mol. The minimum Gasteiger partial charge on any atom is -0.503 e. The summed E-state index contributed by atoms with van der Waals surface area (Å²) in [6.45, 7) is 3.40. The van der Waals surface area contributed by atoms with Gasteiger partial charge in [0.1, 0.15) is 0 Å². The molecular weight excluding hydrogens is 256 g/mol. The average Bonchev–Trinajstić information content (AvgIpc) is 2.64. The minimum atomic E-state index is -0.563. The molecule has 5 heteroatoms. The third kappa shape index (κ3) is 2.44. The summed E-state index contributed by atoms with van der Waals surface area (Å²) in [7, 11) is 0. The van der Waals surface area contributed by atoms with Gasteiger partial charge in [-0.1, -0.05) is 30.3 Å². The van der Waals surface area contributed by atoms with Crippen LogP contribution in [0.25, 0.3) is 0 Å². The number of hydrogen-bond acceptors (Lipinski definition) is 4. The second-order valence-electron chi connectivity index (χ2n) is 5.07. The van der Waals surface area contributed by atoms with Crippen LogP contribution in [0.15, 0.2) is 41.7 Å². The van der Waals surface area contributed by atoms with Crippen molar-refractivity contribution in [3.8, 4) is 0 Å². The van der Waals surface area contributed by atoms with Gasteiger partial charge in [-0.3, -0.25) is 9.59 Å². The van der Waals surface area contributed by atoms with Crippen LogP contribution in [-0.2, 0) is 9.59 Å². The molecule has 1 aliphatic heterocycles. The molecule has 1 aromatic carbocycles. The molecule has 2 rings (SSSR count). The SMILES string of the molecule is CC(=O)C1=C(O)C(=O)N(C[C@@H](C)N)[C@H]1c1ccccc1. The number of nitrogens with zero attached hydrogens (tertiary/aromatic N) is 1. The first-order chi connectivity index (χ1) is 9.43. The van der Waals surface area contributed by atoms with Gasteiger partial charge in [0.25, 0.3) is 5.91 Å². The van der Waals surface area contributed by atoms with Gasteiger partial charge in [-0.25, -0.2) is 0 Å². The molecule has 1 heterocycles. The van der Waals surface area contributed by atoms with Crippen LogP contribution in [0.1, 0.15) is 25.5 Å². The van der Waals surface area contributed by atoms with Crippen LogP contribution in [0, 0.1) is 0 Å². The molecule has 0 aliphatic carbocycles. The van der Waals surface area contributed by atoms with Crippen molar-refractivity contribution >= 4 is 11.7 Å². The number of benzene rings is 1. The van der Waals surface area contributed by atoms with Gasteiger partial charge in [0.15, 0.2) is 11.5 Å². The number of rotatable bonds is 4. The number of aliphatic hydroxyl groups excluding tert-OH is 1. The summed E-state index contributed by atoms with van der Waals surface area (Å²) in [6.07, 6.45) is 0. The first-order valence-electron chi connectivity index (χ1n) is 6.49. The number of Topliss-reactive ketones (excluding diaryl/α,β-unsaturated/α-hetero) is 1. The molecule has 2 atom stereocenters. The second-order valence-corrected chi connectivity index (χ2v) is 5.07. The summed E-state index contributed by atoms with van der Waals surface area (Å²) in [5.74, 6) is -1.31. The Bertz CT molecular complexity index is 564. The molecule has 5 nitrogen and oxygen atoms in total. The number of ketones is 1. The van der Waals surface area contributed by atoms with Gasteiger partial charge in [0.05, 0.1) is 11.6 Å². The molecule has 0 spiro atoms. The minimum absolute atomic E-state index is 0.141. The molecule has 3 N–H and O–H groups in total. The topological polar surface area (TPSA) is 83.6 Å². The average molecular weight is 274 g/mol. The van der Waals surface area contributed by atoms with Gasteiger partial charge in [-0.2, -0.15) is 0 Å². The molecule has 0 fully saturated rings. The van der Waals surface area contributed by atoms with Crippen molar-refractivity contribution in [3.05, 3.63) is 47.2 Å². The standard InChI is InChI=1S/C15H18N2O3/c1-9(16)8-17-13(11-6-4-3-5-7-11)12(10(2)18)14(19)15(17)20/h3-7,9,13,19H,8,16H2,1-2H3/t9-,13+/m1/s1. The second kappa shape index (κ2) is 5.46. The van der Waals surface area contributed by atoms with E-state index in [2.05, 4.69) is 0 Å². The van der Waals surface area contributed by atoms with E-state index in [1.54, 1.807) is 6.92 Å². The van der Waals surface area contributed by atoms with Crippen molar-refractivity contribution < 1.29 is 14.7 Å². The third-order valence-electron chi connectivity index (χ3n) is 3.28. The Balaban J connectivity index is 2.50. The fourth-order valence-electron chi connectivity index (χ4n) is 2.49. The molecule has 0 saturated heterocycles. The predicted octanol–water partition coefficient (Wildman–Crippen LogP) is 1.32. The Morgan fingerprint density at radius 2 is 2.00 bits per heavy atom. The highest BCUT2D eigenvalue weighted by atomic mass is 16.3. The van der Waals surface area contributed by atoms with E-state index >= 15 is 0 Å². The van der Waals surface area contributed by atoms with Crippen LogP contribution in [0.4, 0.5) is 0 Å². The van der Waals surface area contributed by atoms with Crippen molar-refractivity contribution in [3.63, 3.8) is 0 Å². The zero-order valence-corrected chi connectivity index (χ0v) is 11.5. The van der Waals surface area contributed by atoms with Gasteiger partial charge in [-0.15, -0.1) is 0 Å². The lowest BCUT2D eigenvalue weighted by molar-refractivity contribution is -0.129. The Labute approximate surface area is 117 Å². The maximum Gasteiger partial charge on any atom is 0.290 e. The highest BCUT2D eigenvalue weighted by Crippen LogP contribution is 2.37. The number of carbonyl (C=O) groups excluding carboxylic acids is 2. The molecule has 0 bridgehead atoms. The zero-order valence-electron chi connectivity index (χ0n) is 11.5. The Hall–Kier alpha value is -2.14. The molecule has 0 saturated carbocycles. The van der Waals surface area contributed by atoms with E-state index in [9.17, 15) is 14.7 Å². The van der Waals surface area contributed by atoms with E-state index in [-0.39, 0.29) is 23.9 Å². The van der Waals surface area contributed by atoms with Crippen LogP contribution < -0.4 is 5.73 Å². The van der Waals surface area contributed by atoms with Gasteiger partial charge in [-0.05, 0) is 19.4 Å². The molecule has 1 amide bonds. The lowest BCUT2D eigenvalue weighted by Crippen LogP contribution is -2.39. The van der Waals surface area contributed by atoms with E-state index in [1.165, 1.54) is 11.8 Å². The molecular formula is C15H18N2O3. The Morgan fingerprint density at radius 3 is 2.50 bits per heavy atom. The fourth-order valence-corrected chi connectivity index (χ4v) is 2.49. The van der Waals surface area contributed by atoms with Gasteiger partial charge < -0.3 is 15.7 Å². The number of aliphatic hydroxyl groups is 1. The highest BCUT2D eigenvalue weighted by molar-refractivity contribution is 6.08. The maximum absolute atomic E-state index is 12.1. The van der Waals surface area contributed by atoms with E-state index < -0.39 is 17.7 Å². The highest BCUT2D eigenvalue weighted by Gasteiger charge is 2.42. The van der Waals surface area contributed by atoms with Crippen LogP contribution in [0.2, 0.25) is 0 Å². The molecule has 0 aromatic heterocycles. The first-order valence-corrected chi connectivity index (χ1v) is 6.49. The molecule has 0 unspecified atom stereocenters. The fraction of sp³-hybridized carbons (Fsp3) is 0.333. The van der Waals surface area contributed by atoms with Crippen molar-refractivity contribution in [1.29, 1.82) is 0 Å². The molecule has 20 heavy (non-hydrogen) atoms. The van der Waals surface area contributed by atoms with E-state index in [0.717, 1.165) is 5.56 Å². The van der Waals surface area contributed by atoms with Crippen LogP contribution in [0.5, 0.6) is 0 Å². The van der Waals surface area contributed by atoms with Crippen LogP contribution in [0.3, 0.4) is 0 Å². The summed E-state index contributed by atoms with van der Waals surface area (Å²) in [4.78, 5) is 25.4. The Morgan fingerprint density at radius 1 is 1.40 bits per heavy atom. The summed E-state index contributed by atoms with van der Waals surface area (Å²) >= 11 is 0. The quantitative estimate of drug-likeness (QED) is 0.867. The van der Waals surface area contributed by atoms with Crippen LogP contribution in [-0.4, -0.2) is 34.3 Å². The first kappa shape index (κ1) is 14.3. The van der Waals surface area contributed by atoms with E-state index in [0.29, 0.717) is 0 Å². The number of carbonyl (C=O) groups is 2. The smallest absolute Gasteiger partial charge is 0.290 e. The van der Waals surface area contributed by atoms with Crippen LogP contribution >= 0.6 is 0 Å². The van der Waals surface area contributed by atoms with Crippen molar-refractivity contribution in [2.24, 2.45) is 5.73 Å². The summed E-state index contributed by atoms with van der Waals surface area (Å²) in [5.41, 5.74) is 6.69. The molecule has 106 valence electrons. The summed E-state index contributed by atoms with van der Waals surface area (Å²) in [6, 6.07) is 8.36.